The highest BCUT2D eigenvalue weighted by molar-refractivity contribution is 5.87. The Balaban J connectivity index is 2.00. The molecule has 2 aromatic rings. The van der Waals surface area contributed by atoms with Crippen molar-refractivity contribution in [2.45, 2.75) is 52.3 Å². The molecule has 1 fully saturated rings. The first kappa shape index (κ1) is 24.8. The number of hydrogen-bond donors (Lipinski definition) is 0. The molecule has 178 valence electrons. The van der Waals surface area contributed by atoms with Crippen LogP contribution in [0.2, 0.25) is 0 Å². The van der Waals surface area contributed by atoms with Gasteiger partial charge in [0.2, 0.25) is 0 Å². The third-order valence-corrected chi connectivity index (χ3v) is 5.67. The molecule has 7 heteroatoms. The zero-order chi connectivity index (χ0) is 24.3. The summed E-state index contributed by atoms with van der Waals surface area (Å²) in [5, 5.41) is 0. The van der Waals surface area contributed by atoms with Crippen LogP contribution in [0.25, 0.3) is 0 Å². The molecule has 1 heterocycles. The van der Waals surface area contributed by atoms with E-state index in [1.54, 1.807) is 49.9 Å². The summed E-state index contributed by atoms with van der Waals surface area (Å²) in [5.74, 6) is -0.974. The molecule has 1 unspecified atom stereocenters. The van der Waals surface area contributed by atoms with E-state index in [4.69, 9.17) is 4.74 Å². The lowest BCUT2D eigenvalue weighted by atomic mass is 9.91. The summed E-state index contributed by atoms with van der Waals surface area (Å²) in [7, 11) is 0. The second-order valence-corrected chi connectivity index (χ2v) is 9.74. The molecule has 1 amide bonds. The quantitative estimate of drug-likeness (QED) is 0.618. The zero-order valence-electron chi connectivity index (χ0n) is 19.8. The number of piperazine rings is 1. The van der Waals surface area contributed by atoms with Gasteiger partial charge in [-0.2, -0.15) is 0 Å². The van der Waals surface area contributed by atoms with E-state index in [9.17, 15) is 18.4 Å². The largest absolute Gasteiger partial charge is 0.444 e. The number of ether oxygens (including phenoxy) is 1. The number of nitrogens with zero attached hydrogens (tertiary/aromatic N) is 2. The molecule has 0 bridgehead atoms. The smallest absolute Gasteiger partial charge is 0.410 e. The van der Waals surface area contributed by atoms with Crippen LogP contribution >= 0.6 is 0 Å². The Morgan fingerprint density at radius 3 is 1.82 bits per heavy atom. The molecule has 1 aliphatic heterocycles. The molecule has 1 atom stereocenters. The molecule has 0 saturated carbocycles. The summed E-state index contributed by atoms with van der Waals surface area (Å²) in [5.41, 5.74) is 0.932. The van der Waals surface area contributed by atoms with Gasteiger partial charge >= 0.3 is 6.09 Å². The topological polar surface area (TPSA) is 49.9 Å². The molecule has 1 saturated heterocycles. The van der Waals surface area contributed by atoms with Crippen molar-refractivity contribution in [1.82, 2.24) is 9.80 Å². The lowest BCUT2D eigenvalue weighted by Crippen LogP contribution is -2.59. The molecule has 1 aliphatic rings. The third kappa shape index (κ3) is 6.16. The van der Waals surface area contributed by atoms with Crippen LogP contribution in [0.1, 0.15) is 51.8 Å². The lowest BCUT2D eigenvalue weighted by molar-refractivity contribution is -0.130. The van der Waals surface area contributed by atoms with Crippen LogP contribution in [0.5, 0.6) is 0 Å². The minimum atomic E-state index is -0.642. The summed E-state index contributed by atoms with van der Waals surface area (Å²) in [6, 6.07) is 11.2. The number of halogens is 2. The number of rotatable bonds is 5. The lowest BCUT2D eigenvalue weighted by Gasteiger charge is -2.45. The molecule has 0 radical (unpaired) electrons. The van der Waals surface area contributed by atoms with E-state index in [1.165, 1.54) is 24.3 Å². The first-order valence-corrected chi connectivity index (χ1v) is 11.2. The average molecular weight is 459 g/mol. The van der Waals surface area contributed by atoms with E-state index in [-0.39, 0.29) is 29.9 Å². The average Bonchev–Trinajstić information content (AvgIpc) is 2.75. The van der Waals surface area contributed by atoms with Crippen molar-refractivity contribution in [3.05, 3.63) is 71.3 Å². The Hall–Kier alpha value is -2.80. The molecule has 33 heavy (non-hydrogen) atoms. The van der Waals surface area contributed by atoms with E-state index in [0.29, 0.717) is 13.1 Å². The maximum Gasteiger partial charge on any atom is 0.410 e. The monoisotopic (exact) mass is 458 g/mol. The van der Waals surface area contributed by atoms with Gasteiger partial charge in [-0.1, -0.05) is 38.1 Å². The van der Waals surface area contributed by atoms with Gasteiger partial charge in [0.25, 0.3) is 0 Å². The Morgan fingerprint density at radius 1 is 0.909 bits per heavy atom. The predicted molar refractivity (Wildman–Crippen MR) is 123 cm³/mol. The summed E-state index contributed by atoms with van der Waals surface area (Å²) < 4.78 is 32.8. The van der Waals surface area contributed by atoms with Crippen LogP contribution in [0.3, 0.4) is 0 Å². The molecular weight excluding hydrogens is 426 g/mol. The van der Waals surface area contributed by atoms with Gasteiger partial charge in [-0.05, 0) is 56.2 Å². The van der Waals surface area contributed by atoms with Crippen LogP contribution in [0, 0.1) is 17.6 Å². The van der Waals surface area contributed by atoms with Gasteiger partial charge < -0.3 is 9.64 Å². The predicted octanol–water partition coefficient (Wildman–Crippen LogP) is 5.20. The number of amides is 1. The maximum absolute atomic E-state index is 13.7. The van der Waals surface area contributed by atoms with Crippen LogP contribution in [0.4, 0.5) is 13.6 Å². The summed E-state index contributed by atoms with van der Waals surface area (Å²) in [6.07, 6.45) is -0.455. The Labute approximate surface area is 194 Å². The van der Waals surface area contributed by atoms with Gasteiger partial charge in [0.1, 0.15) is 17.2 Å². The summed E-state index contributed by atoms with van der Waals surface area (Å²) in [4.78, 5) is 29.6. The molecule has 0 aliphatic carbocycles. The highest BCUT2D eigenvalue weighted by Gasteiger charge is 2.40. The van der Waals surface area contributed by atoms with Gasteiger partial charge in [-0.3, -0.25) is 9.69 Å². The second kappa shape index (κ2) is 10.00. The second-order valence-electron chi connectivity index (χ2n) is 9.74. The number of carbonyl (C=O) groups is 2. The highest BCUT2D eigenvalue weighted by atomic mass is 19.1. The van der Waals surface area contributed by atoms with E-state index in [0.717, 1.165) is 11.1 Å². The van der Waals surface area contributed by atoms with Crippen LogP contribution < -0.4 is 0 Å². The van der Waals surface area contributed by atoms with E-state index in [2.05, 4.69) is 0 Å². The van der Waals surface area contributed by atoms with Gasteiger partial charge in [0.15, 0.2) is 5.78 Å². The third-order valence-electron chi connectivity index (χ3n) is 5.67. The van der Waals surface area contributed by atoms with Crippen molar-refractivity contribution < 1.29 is 23.1 Å². The molecule has 0 spiro atoms. The van der Waals surface area contributed by atoms with Crippen LogP contribution in [0.15, 0.2) is 48.5 Å². The van der Waals surface area contributed by atoms with Crippen molar-refractivity contribution in [3.8, 4) is 0 Å². The van der Waals surface area contributed by atoms with Crippen molar-refractivity contribution in [2.24, 2.45) is 5.92 Å². The number of Topliss-reactive ketones (excluding diaryl/α,β-unsaturated/α-hetero) is 1. The number of benzene rings is 2. The molecule has 5 nitrogen and oxygen atoms in total. The number of carbonyl (C=O) groups excluding carboxylic acids is 2. The SMILES string of the molecule is CC(C)C(=O)C1CN(C(=O)OC(C)(C)C)CCN1C(c1ccc(F)cc1)c1ccc(F)cc1. The van der Waals surface area contributed by atoms with E-state index >= 15 is 0 Å². The van der Waals surface area contributed by atoms with Crippen molar-refractivity contribution in [3.63, 3.8) is 0 Å². The maximum atomic E-state index is 13.7. The Kier molecular flexibility index (Phi) is 7.52. The Bertz CT molecular complexity index is 923. The minimum Gasteiger partial charge on any atom is -0.444 e. The van der Waals surface area contributed by atoms with E-state index in [1.807, 2.05) is 18.7 Å². The van der Waals surface area contributed by atoms with Crippen LogP contribution in [-0.2, 0) is 9.53 Å². The summed E-state index contributed by atoms with van der Waals surface area (Å²) in [6.45, 7) is 10.0. The van der Waals surface area contributed by atoms with E-state index < -0.39 is 23.8 Å². The molecular formula is C26H32F2N2O3. The first-order valence-electron chi connectivity index (χ1n) is 11.2. The fraction of sp³-hybridized carbons (Fsp3) is 0.462. The molecule has 3 rings (SSSR count). The number of ketones is 1. The van der Waals surface area contributed by atoms with Crippen molar-refractivity contribution >= 4 is 11.9 Å². The van der Waals surface area contributed by atoms with Gasteiger partial charge in [-0.15, -0.1) is 0 Å². The molecule has 0 N–H and O–H groups in total. The Morgan fingerprint density at radius 2 is 1.39 bits per heavy atom. The normalized spacial score (nSPS) is 17.5. The molecule has 2 aromatic carbocycles. The number of hydrogen-bond acceptors (Lipinski definition) is 4. The standard InChI is InChI=1S/C26H32F2N2O3/c1-17(2)24(31)22-16-29(25(32)33-26(3,4)5)14-15-30(22)23(18-6-10-20(27)11-7-18)19-8-12-21(28)13-9-19/h6-13,17,22-23H,14-16H2,1-5H3. The van der Waals surface area contributed by atoms with Crippen molar-refractivity contribution in [2.75, 3.05) is 19.6 Å². The fourth-order valence-corrected chi connectivity index (χ4v) is 4.10. The van der Waals surface area contributed by atoms with Gasteiger partial charge in [0, 0.05) is 25.6 Å². The van der Waals surface area contributed by atoms with Crippen LogP contribution in [-0.4, -0.2) is 53.0 Å². The van der Waals surface area contributed by atoms with Gasteiger partial charge in [-0.25, -0.2) is 13.6 Å². The fourth-order valence-electron chi connectivity index (χ4n) is 4.10. The van der Waals surface area contributed by atoms with Gasteiger partial charge in [0.05, 0.1) is 12.1 Å². The summed E-state index contributed by atoms with van der Waals surface area (Å²) >= 11 is 0. The molecule has 0 aromatic heterocycles. The first-order chi connectivity index (χ1) is 15.5. The zero-order valence-corrected chi connectivity index (χ0v) is 19.8. The van der Waals surface area contributed by atoms with Crippen molar-refractivity contribution in [1.29, 1.82) is 0 Å². The minimum absolute atomic E-state index is 0.00233. The highest BCUT2D eigenvalue weighted by Crippen LogP contribution is 2.33.